The molecule has 1 aromatic heterocycles. The van der Waals surface area contributed by atoms with Crippen LogP contribution in [0.15, 0.2) is 19.6 Å². The maximum atomic E-state index is 11.6. The lowest BCUT2D eigenvalue weighted by Crippen LogP contribution is -2.36. The zero-order chi connectivity index (χ0) is 11.7. The van der Waals surface area contributed by atoms with Crippen molar-refractivity contribution < 1.29 is 9.21 Å². The van der Waals surface area contributed by atoms with Gasteiger partial charge in [-0.2, -0.15) is 0 Å². The molecule has 1 amide bonds. The maximum Gasteiger partial charge on any atom is 0.239 e. The number of nitrogens with one attached hydrogen (secondary N) is 1. The van der Waals surface area contributed by atoms with Crippen molar-refractivity contribution in [3.63, 3.8) is 0 Å². The first-order valence-electron chi connectivity index (χ1n) is 5.00. The highest BCUT2D eigenvalue weighted by Crippen LogP contribution is 2.26. The SMILES string of the molecule is CN1CCC(NCc2cc(Br)c(Br)o2)C1=O. The monoisotopic (exact) mass is 350 g/mol. The van der Waals surface area contributed by atoms with Crippen LogP contribution in [0.1, 0.15) is 12.2 Å². The number of likely N-dealkylation sites (tertiary alicyclic amines) is 1. The van der Waals surface area contributed by atoms with Crippen LogP contribution in [0.3, 0.4) is 0 Å². The van der Waals surface area contributed by atoms with Crippen molar-refractivity contribution in [1.29, 1.82) is 0 Å². The Morgan fingerprint density at radius 1 is 1.62 bits per heavy atom. The molecule has 1 fully saturated rings. The van der Waals surface area contributed by atoms with Gasteiger partial charge in [0.15, 0.2) is 4.67 Å². The Morgan fingerprint density at radius 2 is 2.38 bits per heavy atom. The molecule has 1 aliphatic heterocycles. The van der Waals surface area contributed by atoms with E-state index in [1.165, 1.54) is 0 Å². The van der Waals surface area contributed by atoms with Gasteiger partial charge in [0.05, 0.1) is 17.1 Å². The number of carbonyl (C=O) groups is 1. The maximum absolute atomic E-state index is 11.6. The topological polar surface area (TPSA) is 45.5 Å². The van der Waals surface area contributed by atoms with E-state index >= 15 is 0 Å². The van der Waals surface area contributed by atoms with Crippen LogP contribution in [0.4, 0.5) is 0 Å². The zero-order valence-corrected chi connectivity index (χ0v) is 12.0. The highest BCUT2D eigenvalue weighted by atomic mass is 79.9. The Morgan fingerprint density at radius 3 is 2.88 bits per heavy atom. The summed E-state index contributed by atoms with van der Waals surface area (Å²) in [6.07, 6.45) is 0.860. The van der Waals surface area contributed by atoms with E-state index in [9.17, 15) is 4.79 Å². The average Bonchev–Trinajstić information content (AvgIpc) is 2.72. The molecule has 1 aliphatic rings. The van der Waals surface area contributed by atoms with Gasteiger partial charge in [0.2, 0.25) is 5.91 Å². The highest BCUT2D eigenvalue weighted by Gasteiger charge is 2.28. The van der Waals surface area contributed by atoms with Crippen LogP contribution < -0.4 is 5.32 Å². The van der Waals surface area contributed by atoms with Crippen molar-refractivity contribution in [2.45, 2.75) is 19.0 Å². The van der Waals surface area contributed by atoms with Crippen LogP contribution >= 0.6 is 31.9 Å². The van der Waals surface area contributed by atoms with Crippen LogP contribution in [-0.4, -0.2) is 30.4 Å². The molecule has 0 bridgehead atoms. The van der Waals surface area contributed by atoms with Gasteiger partial charge < -0.3 is 9.32 Å². The second kappa shape index (κ2) is 4.89. The van der Waals surface area contributed by atoms with E-state index in [0.717, 1.165) is 23.2 Å². The molecule has 1 unspecified atom stereocenters. The summed E-state index contributed by atoms with van der Waals surface area (Å²) in [5.74, 6) is 0.964. The van der Waals surface area contributed by atoms with Crippen LogP contribution in [0.2, 0.25) is 0 Å². The summed E-state index contributed by atoms with van der Waals surface area (Å²) in [5, 5.41) is 3.19. The van der Waals surface area contributed by atoms with Gasteiger partial charge >= 0.3 is 0 Å². The summed E-state index contributed by atoms with van der Waals surface area (Å²) in [4.78, 5) is 13.4. The van der Waals surface area contributed by atoms with Crippen LogP contribution in [-0.2, 0) is 11.3 Å². The van der Waals surface area contributed by atoms with E-state index in [4.69, 9.17) is 4.42 Å². The van der Waals surface area contributed by atoms with Gasteiger partial charge in [-0.15, -0.1) is 0 Å². The number of amides is 1. The molecule has 6 heteroatoms. The van der Waals surface area contributed by atoms with Crippen molar-refractivity contribution in [2.24, 2.45) is 0 Å². The second-order valence-electron chi connectivity index (χ2n) is 3.82. The lowest BCUT2D eigenvalue weighted by molar-refractivity contribution is -0.128. The summed E-state index contributed by atoms with van der Waals surface area (Å²) in [5.41, 5.74) is 0. The van der Waals surface area contributed by atoms with Crippen LogP contribution in [0.5, 0.6) is 0 Å². The van der Waals surface area contributed by atoms with Gasteiger partial charge in [-0.25, -0.2) is 0 Å². The van der Waals surface area contributed by atoms with Gasteiger partial charge in [0.25, 0.3) is 0 Å². The predicted octanol–water partition coefficient (Wildman–Crippen LogP) is 2.12. The quantitative estimate of drug-likeness (QED) is 0.907. The molecular weight excluding hydrogens is 340 g/mol. The van der Waals surface area contributed by atoms with Crippen molar-refractivity contribution >= 4 is 37.8 Å². The van der Waals surface area contributed by atoms with Crippen molar-refractivity contribution in [3.8, 4) is 0 Å². The predicted molar refractivity (Wildman–Crippen MR) is 67.0 cm³/mol. The van der Waals surface area contributed by atoms with Crippen molar-refractivity contribution in [1.82, 2.24) is 10.2 Å². The molecule has 16 heavy (non-hydrogen) atoms. The third-order valence-corrected chi connectivity index (χ3v) is 4.36. The number of furan rings is 1. The van der Waals surface area contributed by atoms with E-state index in [1.807, 2.05) is 13.1 Å². The fraction of sp³-hybridized carbons (Fsp3) is 0.500. The lowest BCUT2D eigenvalue weighted by atomic mass is 10.2. The van der Waals surface area contributed by atoms with E-state index in [0.29, 0.717) is 11.2 Å². The van der Waals surface area contributed by atoms with Gasteiger partial charge in [-0.1, -0.05) is 0 Å². The first-order chi connectivity index (χ1) is 7.58. The molecule has 0 spiro atoms. The summed E-state index contributed by atoms with van der Waals surface area (Å²) < 4.78 is 6.99. The molecule has 1 aromatic rings. The number of hydrogen-bond donors (Lipinski definition) is 1. The molecule has 0 radical (unpaired) electrons. The summed E-state index contributed by atoms with van der Waals surface area (Å²) in [6.45, 7) is 1.39. The van der Waals surface area contributed by atoms with Gasteiger partial charge in [0, 0.05) is 13.6 Å². The van der Waals surface area contributed by atoms with Gasteiger partial charge in [-0.3, -0.25) is 10.1 Å². The lowest BCUT2D eigenvalue weighted by Gasteiger charge is -2.10. The fourth-order valence-electron chi connectivity index (χ4n) is 1.71. The Labute approximate surface area is 111 Å². The van der Waals surface area contributed by atoms with Crippen molar-refractivity contribution in [3.05, 3.63) is 21.0 Å². The van der Waals surface area contributed by atoms with E-state index < -0.39 is 0 Å². The van der Waals surface area contributed by atoms with Gasteiger partial charge in [0.1, 0.15) is 5.76 Å². The molecule has 0 aliphatic carbocycles. The van der Waals surface area contributed by atoms with Crippen molar-refractivity contribution in [2.75, 3.05) is 13.6 Å². The first-order valence-corrected chi connectivity index (χ1v) is 6.58. The smallest absolute Gasteiger partial charge is 0.239 e. The minimum absolute atomic E-state index is 0.0762. The summed E-state index contributed by atoms with van der Waals surface area (Å²) >= 11 is 6.62. The fourth-order valence-corrected chi connectivity index (χ4v) is 2.37. The number of hydrogen-bond acceptors (Lipinski definition) is 3. The number of nitrogens with zero attached hydrogens (tertiary/aromatic N) is 1. The molecule has 0 aromatic carbocycles. The third-order valence-electron chi connectivity index (χ3n) is 2.65. The zero-order valence-electron chi connectivity index (χ0n) is 8.80. The van der Waals surface area contributed by atoms with E-state index in [2.05, 4.69) is 37.2 Å². The Kier molecular flexibility index (Phi) is 3.71. The average molecular weight is 352 g/mol. The minimum Gasteiger partial charge on any atom is -0.452 e. The van der Waals surface area contributed by atoms with E-state index in [-0.39, 0.29) is 11.9 Å². The normalized spacial score (nSPS) is 20.8. The largest absolute Gasteiger partial charge is 0.452 e. The minimum atomic E-state index is -0.0762. The number of carbonyl (C=O) groups excluding carboxylic acids is 1. The first kappa shape index (κ1) is 12.1. The molecule has 1 saturated heterocycles. The Bertz CT molecular complexity index is 386. The summed E-state index contributed by atoms with van der Waals surface area (Å²) in [7, 11) is 1.82. The molecule has 2 heterocycles. The molecular formula is C10H12Br2N2O2. The molecule has 1 atom stereocenters. The van der Waals surface area contributed by atoms with Crippen LogP contribution in [0.25, 0.3) is 0 Å². The van der Waals surface area contributed by atoms with Gasteiger partial charge in [-0.05, 0) is 44.3 Å². The Hall–Kier alpha value is -0.330. The standard InChI is InChI=1S/C10H12Br2N2O2/c1-14-3-2-8(10(14)15)13-5-6-4-7(11)9(12)16-6/h4,8,13H,2-3,5H2,1H3. The Balaban J connectivity index is 1.90. The molecule has 88 valence electrons. The second-order valence-corrected chi connectivity index (χ2v) is 5.39. The number of likely N-dealkylation sites (N-methyl/N-ethyl adjacent to an activating group) is 1. The van der Waals surface area contributed by atoms with Crippen LogP contribution in [0, 0.1) is 0 Å². The van der Waals surface area contributed by atoms with E-state index in [1.54, 1.807) is 4.90 Å². The number of rotatable bonds is 3. The summed E-state index contributed by atoms with van der Waals surface area (Å²) in [6, 6.07) is 1.81. The molecule has 0 saturated carbocycles. The molecule has 1 N–H and O–H groups in total. The molecule has 2 rings (SSSR count). The third kappa shape index (κ3) is 2.49. The molecule has 4 nitrogen and oxygen atoms in total. The highest BCUT2D eigenvalue weighted by molar-refractivity contribution is 9.13. The number of halogens is 2.